The van der Waals surface area contributed by atoms with Crippen LogP contribution < -0.4 is 5.32 Å². The number of hydrogen-bond acceptors (Lipinski definition) is 13. The van der Waals surface area contributed by atoms with E-state index in [-0.39, 0.29) is 60.2 Å². The van der Waals surface area contributed by atoms with Gasteiger partial charge in [-0.15, -0.1) is 0 Å². The zero-order valence-electron chi connectivity index (χ0n) is 31.4. The number of aliphatic hydroxyl groups excluding tert-OH is 1. The van der Waals surface area contributed by atoms with E-state index in [2.05, 4.69) is 124 Å². The SMILES string of the molecule is C=CC(=O)OCCO.C=CC(=O)OCCOC(=O)NC1CC(C)(C)CC(C)(CN=C=O)C1.CC1(C)CC(N=C=O)CC(C)(CN=C=O)C1.[2H]P(I)I. The number of isocyanates is 3. The highest BCUT2D eigenvalue weighted by molar-refractivity contribution is 14.3. The van der Waals surface area contributed by atoms with Crippen LogP contribution in [0.3, 0.4) is 0 Å². The van der Waals surface area contributed by atoms with Crippen LogP contribution in [0.4, 0.5) is 4.79 Å². The molecule has 0 bridgehead atoms. The van der Waals surface area contributed by atoms with Crippen molar-refractivity contribution in [2.75, 3.05) is 39.5 Å². The summed E-state index contributed by atoms with van der Waals surface area (Å²) in [7, 11) is 0. The van der Waals surface area contributed by atoms with Gasteiger partial charge in [0.1, 0.15) is 19.8 Å². The number of aliphatic hydroxyl groups is 1. The minimum atomic E-state index is -0.556. The molecule has 4 atom stereocenters. The Kier molecular flexibility index (Phi) is 26.1. The van der Waals surface area contributed by atoms with E-state index in [9.17, 15) is 28.8 Å². The molecule has 2 saturated carbocycles. The van der Waals surface area contributed by atoms with Crippen LogP contribution in [-0.2, 0) is 38.2 Å². The number of carbonyl (C=O) groups excluding carboxylic acids is 6. The van der Waals surface area contributed by atoms with Gasteiger partial charge >= 0.3 is 18.0 Å². The van der Waals surface area contributed by atoms with E-state index in [4.69, 9.17) is 15.9 Å². The smallest absolute Gasteiger partial charge is 0.407 e. The Morgan fingerprint density at radius 2 is 1.27 bits per heavy atom. The summed E-state index contributed by atoms with van der Waals surface area (Å²) in [6.45, 7) is 19.9. The monoisotopic (exact) mass is 963 g/mol. The normalized spacial score (nSPS) is 23.9. The molecular weight excluding hydrogens is 909 g/mol. The molecule has 0 aromatic rings. The lowest BCUT2D eigenvalue weighted by atomic mass is 9.62. The molecule has 0 aliphatic heterocycles. The summed E-state index contributed by atoms with van der Waals surface area (Å²) in [6.07, 6.45) is 11.5. The molecule has 51 heavy (non-hydrogen) atoms. The molecule has 2 fully saturated rings. The van der Waals surface area contributed by atoms with Gasteiger partial charge < -0.3 is 24.6 Å². The number of rotatable bonds is 13. The number of aliphatic imine (C=N–C) groups is 3. The van der Waals surface area contributed by atoms with E-state index in [1.165, 1.54) is 0 Å². The highest BCUT2D eigenvalue weighted by Crippen LogP contribution is 2.47. The van der Waals surface area contributed by atoms with Crippen molar-refractivity contribution < 1.29 is 48.1 Å². The third kappa shape index (κ3) is 26.2. The van der Waals surface area contributed by atoms with Crippen molar-refractivity contribution in [3.8, 4) is 0 Å². The van der Waals surface area contributed by atoms with Crippen molar-refractivity contribution in [2.24, 2.45) is 36.6 Å². The van der Waals surface area contributed by atoms with Crippen LogP contribution >= 0.6 is 47.9 Å². The fourth-order valence-corrected chi connectivity index (χ4v) is 6.92. The van der Waals surface area contributed by atoms with Gasteiger partial charge in [0.2, 0.25) is 18.2 Å². The largest absolute Gasteiger partial charge is 0.460 e. The number of amides is 1. The summed E-state index contributed by atoms with van der Waals surface area (Å²) in [5.74, 6) is -1.06. The van der Waals surface area contributed by atoms with Crippen LogP contribution in [0.2, 0.25) is 0 Å². The first-order valence-electron chi connectivity index (χ1n) is 16.5. The molecule has 0 heterocycles. The Morgan fingerprint density at radius 3 is 1.73 bits per heavy atom. The summed E-state index contributed by atoms with van der Waals surface area (Å²) in [5.41, 5.74) is -0.0972. The van der Waals surface area contributed by atoms with Crippen LogP contribution in [0, 0.1) is 21.7 Å². The van der Waals surface area contributed by atoms with E-state index >= 15 is 0 Å². The summed E-state index contributed by atoms with van der Waals surface area (Å²) >= 11 is 4.12. The number of ether oxygens (including phenoxy) is 3. The molecule has 17 heteroatoms. The first-order chi connectivity index (χ1) is 24.1. The Labute approximate surface area is 330 Å². The molecule has 0 radical (unpaired) electrons. The third-order valence-corrected chi connectivity index (χ3v) is 7.70. The van der Waals surface area contributed by atoms with Gasteiger partial charge in [-0.1, -0.05) is 54.7 Å². The highest BCUT2D eigenvalue weighted by Gasteiger charge is 2.42. The first-order valence-corrected chi connectivity index (χ1v) is 22.5. The molecule has 0 spiro atoms. The molecule has 0 saturated heterocycles. The molecule has 0 aromatic carbocycles. The van der Waals surface area contributed by atoms with Crippen LogP contribution in [0.15, 0.2) is 40.3 Å². The van der Waals surface area contributed by atoms with Crippen LogP contribution in [0.1, 0.15) is 80.1 Å². The molecule has 288 valence electrons. The number of alkyl carbamates (subject to hydrolysis) is 1. The van der Waals surface area contributed by atoms with E-state index < -0.39 is 21.8 Å². The zero-order valence-corrected chi connectivity index (χ0v) is 35.6. The maximum Gasteiger partial charge on any atom is 0.407 e. The van der Waals surface area contributed by atoms with Gasteiger partial charge in [-0.25, -0.2) is 43.7 Å². The molecule has 14 nitrogen and oxygen atoms in total. The summed E-state index contributed by atoms with van der Waals surface area (Å²) in [4.78, 5) is 75.0. The van der Waals surface area contributed by atoms with Gasteiger partial charge in [0, 0.05) is 22.0 Å². The zero-order chi connectivity index (χ0) is 40.4. The fraction of sp³-hybridized carbons (Fsp3) is 0.706. The lowest BCUT2D eigenvalue weighted by Gasteiger charge is -2.45. The van der Waals surface area contributed by atoms with E-state index in [0.717, 1.165) is 44.3 Å². The fourth-order valence-electron chi connectivity index (χ4n) is 6.92. The van der Waals surface area contributed by atoms with E-state index in [1.807, 2.05) is 0 Å². The van der Waals surface area contributed by atoms with Gasteiger partial charge in [-0.05, 0) is 104 Å². The van der Waals surface area contributed by atoms with Crippen molar-refractivity contribution in [2.45, 2.75) is 92.2 Å². The van der Waals surface area contributed by atoms with E-state index in [0.29, 0.717) is 19.5 Å². The lowest BCUT2D eigenvalue weighted by molar-refractivity contribution is -0.139. The summed E-state index contributed by atoms with van der Waals surface area (Å²) in [6, 6.07) is -0.0584. The molecule has 2 N–H and O–H groups in total. The van der Waals surface area contributed by atoms with Gasteiger partial charge in [-0.3, -0.25) is 0 Å². The van der Waals surface area contributed by atoms with Crippen molar-refractivity contribution >= 4 is 84.2 Å². The Balaban J connectivity index is 0. The van der Waals surface area contributed by atoms with Gasteiger partial charge in [0.05, 0.1) is 27.0 Å². The average molecular weight is 964 g/mol. The number of hydrogen-bond donors (Lipinski definition) is 2. The van der Waals surface area contributed by atoms with E-state index in [1.54, 1.807) is 18.2 Å². The minimum Gasteiger partial charge on any atom is -0.460 e. The molecule has 1 amide bonds. The van der Waals surface area contributed by atoms with Gasteiger partial charge in [-0.2, -0.15) is 0 Å². The molecule has 0 aromatic heterocycles. The van der Waals surface area contributed by atoms with Gasteiger partial charge in [0.25, 0.3) is 0 Å². The van der Waals surface area contributed by atoms with Crippen LogP contribution in [-0.4, -0.2) is 94.3 Å². The number of carbonyl (C=O) groups is 3. The lowest BCUT2D eigenvalue weighted by Crippen LogP contribution is -2.48. The predicted molar refractivity (Wildman–Crippen MR) is 213 cm³/mol. The highest BCUT2D eigenvalue weighted by atomic mass is 127. The number of nitrogens with one attached hydrogen (secondary N) is 1. The molecular formula is C34H53I2N4O10P. The van der Waals surface area contributed by atoms with Crippen LogP contribution in [0.5, 0.6) is 0 Å². The molecule has 2 rings (SSSR count). The topological polar surface area (TPSA) is 199 Å². The molecule has 2 aliphatic carbocycles. The Morgan fingerprint density at radius 1 is 0.824 bits per heavy atom. The number of esters is 2. The summed E-state index contributed by atoms with van der Waals surface area (Å²) < 4.78 is 20.3. The van der Waals surface area contributed by atoms with Crippen molar-refractivity contribution in [1.82, 2.24) is 5.32 Å². The predicted octanol–water partition coefficient (Wildman–Crippen LogP) is 6.68. The van der Waals surface area contributed by atoms with Crippen LogP contribution in [0.25, 0.3) is 0 Å². The minimum absolute atomic E-state index is 0.00750. The molecule has 2 aliphatic rings. The Hall–Kier alpha value is -2.32. The second-order valence-electron chi connectivity index (χ2n) is 14.3. The van der Waals surface area contributed by atoms with Crippen molar-refractivity contribution in [3.05, 3.63) is 25.3 Å². The maximum atomic E-state index is 11.9. The number of halogens is 2. The molecule has 4 unspecified atom stereocenters. The standard InChI is InChI=1S/C17H26N2O5.C12H18N2O2.C5H8O3.HI2P/c1-5-14(21)23-6-7-24-15(22)19-13-8-16(2,3)10-17(4,9-13)11-18-12-20;1-11(2)4-10(14-9-16)5-12(3,6-11)7-13-8-15;1-2-5(7)8-4-3-6;1-3-2/h5,13H,1,6-11H2,2-4H3,(H,19,22);10H,4-7H2,1-3H3;2,6H,1,3-4H2;3H/i;;;3D. The average Bonchev–Trinajstić information content (AvgIpc) is 3.02. The first kappa shape index (κ1) is 48.7. The maximum absolute atomic E-state index is 11.9. The second kappa shape index (κ2) is 27.3. The quantitative estimate of drug-likeness (QED) is 0.0294. The van der Waals surface area contributed by atoms with Crippen molar-refractivity contribution in [3.63, 3.8) is 0 Å². The van der Waals surface area contributed by atoms with Crippen molar-refractivity contribution in [1.29, 1.82) is 1.28 Å². The van der Waals surface area contributed by atoms with Gasteiger partial charge in [0.15, 0.2) is 0 Å². The Bertz CT molecular complexity index is 1300. The third-order valence-electron chi connectivity index (χ3n) is 7.70. The number of nitrogens with zero attached hydrogens (tertiary/aromatic N) is 3. The second-order valence-corrected chi connectivity index (χ2v) is 22.9. The summed E-state index contributed by atoms with van der Waals surface area (Å²) in [5, 5.41) is 10.9.